The number of benzene rings is 1. The predicted molar refractivity (Wildman–Crippen MR) is 83.2 cm³/mol. The molecule has 0 radical (unpaired) electrons. The lowest BCUT2D eigenvalue weighted by atomic mass is 9.85. The molecule has 1 aromatic carbocycles. The fourth-order valence-electron chi connectivity index (χ4n) is 3.02. The van der Waals surface area contributed by atoms with Crippen LogP contribution in [0.4, 0.5) is 0 Å². The van der Waals surface area contributed by atoms with E-state index < -0.39 is 0 Å². The van der Waals surface area contributed by atoms with Crippen LogP contribution in [0.1, 0.15) is 56.3 Å². The van der Waals surface area contributed by atoms with Crippen molar-refractivity contribution >= 4 is 0 Å². The maximum Gasteiger partial charge on any atom is 0.243 e. The normalized spacial score (nSPS) is 17.3. The molecule has 0 amide bonds. The maximum atomic E-state index is 6.21. The Morgan fingerprint density at radius 1 is 1.18 bits per heavy atom. The third-order valence-electron chi connectivity index (χ3n) is 4.22. The van der Waals surface area contributed by atoms with Crippen LogP contribution in [-0.2, 0) is 6.61 Å². The van der Waals surface area contributed by atoms with Crippen molar-refractivity contribution in [3.8, 4) is 5.75 Å². The molecule has 1 aliphatic rings. The van der Waals surface area contributed by atoms with Crippen molar-refractivity contribution in [2.24, 2.45) is 11.7 Å². The van der Waals surface area contributed by atoms with Crippen LogP contribution in [0.5, 0.6) is 5.75 Å². The molecular weight excluding hydrogens is 278 g/mol. The fourth-order valence-corrected chi connectivity index (χ4v) is 3.02. The lowest BCUT2D eigenvalue weighted by molar-refractivity contribution is 0.273. The molecule has 1 saturated carbocycles. The first-order valence-corrected chi connectivity index (χ1v) is 8.07. The van der Waals surface area contributed by atoms with Crippen molar-refractivity contribution in [3.63, 3.8) is 0 Å². The second-order valence-electron chi connectivity index (χ2n) is 6.00. The molecule has 118 valence electrons. The third-order valence-corrected chi connectivity index (χ3v) is 4.22. The van der Waals surface area contributed by atoms with Crippen molar-refractivity contribution < 1.29 is 9.26 Å². The van der Waals surface area contributed by atoms with Crippen molar-refractivity contribution in [2.45, 2.75) is 51.2 Å². The first kappa shape index (κ1) is 15.0. The molecule has 2 N–H and O–H groups in total. The van der Waals surface area contributed by atoms with E-state index in [9.17, 15) is 0 Å². The monoisotopic (exact) mass is 301 g/mol. The molecule has 0 bridgehead atoms. The molecule has 5 heteroatoms. The van der Waals surface area contributed by atoms with Crippen LogP contribution in [0.15, 0.2) is 34.9 Å². The lowest BCUT2D eigenvalue weighted by Gasteiger charge is -2.22. The molecule has 22 heavy (non-hydrogen) atoms. The highest BCUT2D eigenvalue weighted by atomic mass is 16.5. The van der Waals surface area contributed by atoms with E-state index >= 15 is 0 Å². The van der Waals surface area contributed by atoms with Crippen LogP contribution in [0.2, 0.25) is 0 Å². The van der Waals surface area contributed by atoms with Crippen molar-refractivity contribution in [3.05, 3.63) is 42.0 Å². The van der Waals surface area contributed by atoms with E-state index in [1.165, 1.54) is 32.1 Å². The fraction of sp³-hybridized carbons (Fsp3) is 0.529. The van der Waals surface area contributed by atoms with Crippen LogP contribution in [0, 0.1) is 5.92 Å². The number of ether oxygens (including phenoxy) is 1. The number of nitrogens with zero attached hydrogens (tertiary/aromatic N) is 2. The predicted octanol–water partition coefficient (Wildman–Crippen LogP) is 3.62. The zero-order valence-corrected chi connectivity index (χ0v) is 12.8. The summed E-state index contributed by atoms with van der Waals surface area (Å²) in [5, 5.41) is 3.95. The minimum atomic E-state index is -0.166. The van der Waals surface area contributed by atoms with E-state index in [0.29, 0.717) is 24.2 Å². The Morgan fingerprint density at radius 2 is 1.95 bits per heavy atom. The molecule has 1 aliphatic carbocycles. The van der Waals surface area contributed by atoms with Gasteiger partial charge in [0.25, 0.3) is 0 Å². The van der Waals surface area contributed by atoms with Gasteiger partial charge in [-0.3, -0.25) is 0 Å². The summed E-state index contributed by atoms with van der Waals surface area (Å²) in [5.74, 6) is 2.55. The van der Waals surface area contributed by atoms with Gasteiger partial charge in [0.1, 0.15) is 5.75 Å². The van der Waals surface area contributed by atoms with Gasteiger partial charge in [-0.2, -0.15) is 4.98 Å². The summed E-state index contributed by atoms with van der Waals surface area (Å²) in [6.07, 6.45) is 7.46. The number of hydrogen-bond donors (Lipinski definition) is 1. The summed E-state index contributed by atoms with van der Waals surface area (Å²) in [6.45, 7) is 0.295. The molecule has 0 spiro atoms. The summed E-state index contributed by atoms with van der Waals surface area (Å²) in [6, 6.07) is 9.43. The summed E-state index contributed by atoms with van der Waals surface area (Å²) in [5.41, 5.74) is 6.21. The molecule has 3 rings (SSSR count). The molecule has 1 fully saturated rings. The first-order chi connectivity index (χ1) is 10.8. The van der Waals surface area contributed by atoms with Gasteiger partial charge in [-0.05, 0) is 24.5 Å². The zero-order valence-electron chi connectivity index (χ0n) is 12.8. The molecule has 1 aromatic heterocycles. The number of aromatic nitrogens is 2. The van der Waals surface area contributed by atoms with Gasteiger partial charge < -0.3 is 15.0 Å². The lowest BCUT2D eigenvalue weighted by Crippen LogP contribution is -2.17. The van der Waals surface area contributed by atoms with Gasteiger partial charge in [-0.15, -0.1) is 0 Å². The standard InChI is InChI=1S/C17H23N3O2/c18-15(11-13-7-3-1-4-8-13)17-19-16(20-22-17)12-21-14-9-5-2-6-10-14/h2,5-6,9-10,13,15H,1,3-4,7-8,11-12,18H2. The van der Waals surface area contributed by atoms with Crippen LogP contribution in [-0.4, -0.2) is 10.1 Å². The number of hydrogen-bond acceptors (Lipinski definition) is 5. The highest BCUT2D eigenvalue weighted by Gasteiger charge is 2.21. The second-order valence-corrected chi connectivity index (χ2v) is 6.00. The molecule has 1 unspecified atom stereocenters. The Bertz CT molecular complexity index is 564. The van der Waals surface area contributed by atoms with Gasteiger partial charge in [0, 0.05) is 0 Å². The van der Waals surface area contributed by atoms with Gasteiger partial charge in [0.05, 0.1) is 6.04 Å². The van der Waals surface area contributed by atoms with E-state index in [0.717, 1.165) is 12.2 Å². The van der Waals surface area contributed by atoms with Crippen LogP contribution < -0.4 is 10.5 Å². The summed E-state index contributed by atoms with van der Waals surface area (Å²) >= 11 is 0. The molecule has 5 nitrogen and oxygen atoms in total. The second kappa shape index (κ2) is 7.40. The number of para-hydroxylation sites is 1. The van der Waals surface area contributed by atoms with Crippen LogP contribution in [0.3, 0.4) is 0 Å². The molecule has 1 atom stereocenters. The first-order valence-electron chi connectivity index (χ1n) is 8.07. The van der Waals surface area contributed by atoms with E-state index in [2.05, 4.69) is 10.1 Å². The topological polar surface area (TPSA) is 74.2 Å². The zero-order chi connectivity index (χ0) is 15.2. The minimum Gasteiger partial charge on any atom is -0.485 e. The van der Waals surface area contributed by atoms with Crippen molar-refractivity contribution in [1.82, 2.24) is 10.1 Å². The Labute approximate surface area is 130 Å². The van der Waals surface area contributed by atoms with Crippen LogP contribution >= 0.6 is 0 Å². The van der Waals surface area contributed by atoms with Crippen LogP contribution in [0.25, 0.3) is 0 Å². The Kier molecular flexibility index (Phi) is 5.06. The minimum absolute atomic E-state index is 0.166. The smallest absolute Gasteiger partial charge is 0.243 e. The Morgan fingerprint density at radius 3 is 2.73 bits per heavy atom. The van der Waals surface area contributed by atoms with E-state index in [1.807, 2.05) is 30.3 Å². The summed E-state index contributed by atoms with van der Waals surface area (Å²) < 4.78 is 10.9. The average molecular weight is 301 g/mol. The average Bonchev–Trinajstić information content (AvgIpc) is 3.04. The van der Waals surface area contributed by atoms with E-state index in [1.54, 1.807) is 0 Å². The SMILES string of the molecule is NC(CC1CCCCC1)c1nc(COc2ccccc2)no1. The van der Waals surface area contributed by atoms with Gasteiger partial charge in [0.2, 0.25) is 11.7 Å². The highest BCUT2D eigenvalue weighted by molar-refractivity contribution is 5.20. The molecule has 0 aliphatic heterocycles. The maximum absolute atomic E-state index is 6.21. The van der Waals surface area contributed by atoms with Crippen molar-refractivity contribution in [1.29, 1.82) is 0 Å². The third kappa shape index (κ3) is 4.07. The Hall–Kier alpha value is -1.88. The number of nitrogens with two attached hydrogens (primary N) is 1. The number of rotatable bonds is 6. The van der Waals surface area contributed by atoms with Gasteiger partial charge in [-0.25, -0.2) is 0 Å². The quantitative estimate of drug-likeness (QED) is 0.882. The molecule has 0 saturated heterocycles. The molecular formula is C17H23N3O2. The molecule has 1 heterocycles. The Balaban J connectivity index is 1.51. The van der Waals surface area contributed by atoms with E-state index in [4.69, 9.17) is 15.0 Å². The largest absolute Gasteiger partial charge is 0.485 e. The van der Waals surface area contributed by atoms with Gasteiger partial charge >= 0.3 is 0 Å². The van der Waals surface area contributed by atoms with Gasteiger partial charge in [-0.1, -0.05) is 55.5 Å². The molecule has 2 aromatic rings. The van der Waals surface area contributed by atoms with Gasteiger partial charge in [0.15, 0.2) is 6.61 Å². The van der Waals surface area contributed by atoms with E-state index in [-0.39, 0.29) is 6.04 Å². The highest BCUT2D eigenvalue weighted by Crippen LogP contribution is 2.30. The summed E-state index contributed by atoms with van der Waals surface area (Å²) in [4.78, 5) is 4.36. The summed E-state index contributed by atoms with van der Waals surface area (Å²) in [7, 11) is 0. The van der Waals surface area contributed by atoms with Crippen molar-refractivity contribution in [2.75, 3.05) is 0 Å².